The van der Waals surface area contributed by atoms with Crippen molar-refractivity contribution in [2.75, 3.05) is 11.9 Å². The maximum Gasteiger partial charge on any atom is 0.410 e. The number of amides is 3. The number of carbonyl (C=O) groups is 2. The minimum absolute atomic E-state index is 0.107. The Kier molecular flexibility index (Phi) is 5.36. The van der Waals surface area contributed by atoms with Crippen LogP contribution in [0.15, 0.2) is 24.5 Å². The van der Waals surface area contributed by atoms with Gasteiger partial charge in [0.1, 0.15) is 5.60 Å². The lowest BCUT2D eigenvalue weighted by molar-refractivity contribution is 0.0223. The second-order valence-corrected chi connectivity index (χ2v) is 9.17. The fourth-order valence-corrected chi connectivity index (χ4v) is 4.34. The fourth-order valence-electron chi connectivity index (χ4n) is 4.09. The van der Waals surface area contributed by atoms with Crippen molar-refractivity contribution in [2.45, 2.75) is 58.3 Å². The topological polar surface area (TPSA) is 90.6 Å². The Labute approximate surface area is 180 Å². The van der Waals surface area contributed by atoms with Gasteiger partial charge in [-0.2, -0.15) is 5.10 Å². The van der Waals surface area contributed by atoms with Gasteiger partial charge >= 0.3 is 12.1 Å². The Bertz CT molecular complexity index is 954. The first-order chi connectivity index (χ1) is 14.2. The zero-order valence-electron chi connectivity index (χ0n) is 17.4. The normalized spacial score (nSPS) is 18.5. The number of hydrogen-bond acceptors (Lipinski definition) is 4. The van der Waals surface area contributed by atoms with Gasteiger partial charge in [0, 0.05) is 30.9 Å². The molecule has 3 amide bonds. The average molecular weight is 432 g/mol. The van der Waals surface area contributed by atoms with E-state index >= 15 is 0 Å². The second kappa shape index (κ2) is 7.83. The van der Waals surface area contributed by atoms with E-state index in [-0.39, 0.29) is 18.2 Å². The van der Waals surface area contributed by atoms with Crippen molar-refractivity contribution in [3.8, 4) is 0 Å². The second-order valence-electron chi connectivity index (χ2n) is 8.74. The molecule has 0 radical (unpaired) electrons. The van der Waals surface area contributed by atoms with Crippen LogP contribution >= 0.6 is 11.6 Å². The highest BCUT2D eigenvalue weighted by Gasteiger charge is 2.37. The predicted octanol–water partition coefficient (Wildman–Crippen LogP) is 4.68. The molecule has 2 aliphatic rings. The molecule has 1 unspecified atom stereocenters. The van der Waals surface area contributed by atoms with Crippen LogP contribution in [0.1, 0.15) is 56.3 Å². The lowest BCUT2D eigenvalue weighted by atomic mass is 9.96. The summed E-state index contributed by atoms with van der Waals surface area (Å²) in [7, 11) is 0. The SMILES string of the molecule is CC(C)(C)OC(=O)N1CCCC1c1cc(Cl)cc2c1CN(C(=O)Nc1cn[nH]c1)C2. The van der Waals surface area contributed by atoms with E-state index in [1.807, 2.05) is 32.9 Å². The van der Waals surface area contributed by atoms with Gasteiger partial charge < -0.3 is 19.9 Å². The van der Waals surface area contributed by atoms with Crippen LogP contribution in [0.3, 0.4) is 0 Å². The molecule has 0 spiro atoms. The number of urea groups is 1. The van der Waals surface area contributed by atoms with Crippen molar-refractivity contribution in [2.24, 2.45) is 0 Å². The van der Waals surface area contributed by atoms with Crippen molar-refractivity contribution in [3.05, 3.63) is 46.2 Å². The lowest BCUT2D eigenvalue weighted by Crippen LogP contribution is -2.36. The first-order valence-electron chi connectivity index (χ1n) is 10.1. The van der Waals surface area contributed by atoms with Gasteiger partial charge in [-0.1, -0.05) is 11.6 Å². The molecule has 160 valence electrons. The quantitative estimate of drug-likeness (QED) is 0.722. The molecule has 2 N–H and O–H groups in total. The van der Waals surface area contributed by atoms with E-state index in [2.05, 4.69) is 15.5 Å². The van der Waals surface area contributed by atoms with Crippen LogP contribution in [0.5, 0.6) is 0 Å². The third-order valence-electron chi connectivity index (χ3n) is 5.33. The minimum Gasteiger partial charge on any atom is -0.444 e. The third kappa shape index (κ3) is 4.23. The highest BCUT2D eigenvalue weighted by atomic mass is 35.5. The number of carbonyl (C=O) groups excluding carboxylic acids is 2. The van der Waals surface area contributed by atoms with Gasteiger partial charge in [-0.25, -0.2) is 9.59 Å². The highest BCUT2D eigenvalue weighted by molar-refractivity contribution is 6.30. The van der Waals surface area contributed by atoms with E-state index in [4.69, 9.17) is 16.3 Å². The van der Waals surface area contributed by atoms with Crippen LogP contribution in [0.4, 0.5) is 15.3 Å². The molecule has 1 aromatic carbocycles. The first kappa shape index (κ1) is 20.5. The average Bonchev–Trinajstić information content (AvgIpc) is 3.39. The Morgan fingerprint density at radius 3 is 2.80 bits per heavy atom. The lowest BCUT2D eigenvalue weighted by Gasteiger charge is -2.30. The molecule has 1 fully saturated rings. The molecule has 1 saturated heterocycles. The number of halogens is 1. The van der Waals surface area contributed by atoms with Gasteiger partial charge in [0.25, 0.3) is 0 Å². The van der Waals surface area contributed by atoms with Crippen LogP contribution in [0.2, 0.25) is 5.02 Å². The zero-order valence-corrected chi connectivity index (χ0v) is 18.1. The highest BCUT2D eigenvalue weighted by Crippen LogP contribution is 2.40. The van der Waals surface area contributed by atoms with Crippen LogP contribution < -0.4 is 5.32 Å². The third-order valence-corrected chi connectivity index (χ3v) is 5.55. The summed E-state index contributed by atoms with van der Waals surface area (Å²) in [5, 5.41) is 9.96. The van der Waals surface area contributed by atoms with Crippen LogP contribution in [0.25, 0.3) is 0 Å². The molecule has 2 aliphatic heterocycles. The molecule has 4 rings (SSSR count). The largest absolute Gasteiger partial charge is 0.444 e. The first-order valence-corrected chi connectivity index (χ1v) is 10.4. The maximum absolute atomic E-state index is 12.8. The van der Waals surface area contributed by atoms with Crippen LogP contribution in [-0.2, 0) is 17.8 Å². The van der Waals surface area contributed by atoms with E-state index in [1.165, 1.54) is 0 Å². The maximum atomic E-state index is 12.8. The van der Waals surface area contributed by atoms with Gasteiger partial charge in [0.15, 0.2) is 0 Å². The molecule has 1 atom stereocenters. The number of aromatic amines is 1. The van der Waals surface area contributed by atoms with Gasteiger partial charge in [-0.15, -0.1) is 0 Å². The Morgan fingerprint density at radius 2 is 2.10 bits per heavy atom. The molecule has 1 aromatic heterocycles. The number of hydrogen-bond donors (Lipinski definition) is 2. The minimum atomic E-state index is -0.553. The van der Waals surface area contributed by atoms with Crippen LogP contribution in [0, 0.1) is 0 Å². The van der Waals surface area contributed by atoms with Crippen molar-refractivity contribution in [1.82, 2.24) is 20.0 Å². The van der Waals surface area contributed by atoms with E-state index < -0.39 is 5.60 Å². The number of ether oxygens (including phenoxy) is 1. The van der Waals surface area contributed by atoms with E-state index in [9.17, 15) is 9.59 Å². The van der Waals surface area contributed by atoms with Crippen molar-refractivity contribution >= 4 is 29.4 Å². The Balaban J connectivity index is 1.57. The zero-order chi connectivity index (χ0) is 21.5. The van der Waals surface area contributed by atoms with Crippen molar-refractivity contribution < 1.29 is 14.3 Å². The smallest absolute Gasteiger partial charge is 0.410 e. The molecular formula is C21H26ClN5O3. The number of nitrogens with zero attached hydrogens (tertiary/aromatic N) is 3. The number of nitrogens with one attached hydrogen (secondary N) is 2. The predicted molar refractivity (Wildman–Crippen MR) is 113 cm³/mol. The number of H-pyrrole nitrogens is 1. The van der Waals surface area contributed by atoms with Gasteiger partial charge in [-0.05, 0) is 62.4 Å². The number of anilines is 1. The summed E-state index contributed by atoms with van der Waals surface area (Å²) in [4.78, 5) is 29.0. The van der Waals surface area contributed by atoms with E-state index in [1.54, 1.807) is 22.2 Å². The van der Waals surface area contributed by atoms with Gasteiger partial charge in [0.05, 0.1) is 17.9 Å². The summed E-state index contributed by atoms with van der Waals surface area (Å²) in [6.45, 7) is 7.16. The summed E-state index contributed by atoms with van der Waals surface area (Å²) in [5.74, 6) is 0. The molecule has 0 aliphatic carbocycles. The molecule has 0 bridgehead atoms. The Hall–Kier alpha value is -2.74. The van der Waals surface area contributed by atoms with Crippen molar-refractivity contribution in [1.29, 1.82) is 0 Å². The van der Waals surface area contributed by atoms with E-state index in [0.717, 1.165) is 29.5 Å². The van der Waals surface area contributed by atoms with Gasteiger partial charge in [0.2, 0.25) is 0 Å². The monoisotopic (exact) mass is 431 g/mol. The standard InChI is InChI=1S/C21H26ClN5O3/c1-21(2,3)30-20(29)27-6-4-5-18(27)16-8-14(22)7-13-11-26(12-17(13)16)19(28)25-15-9-23-24-10-15/h7-10,18H,4-6,11-12H2,1-3H3,(H,23,24)(H,25,28). The molecule has 2 aromatic rings. The number of benzene rings is 1. The number of rotatable bonds is 2. The number of likely N-dealkylation sites (tertiary alicyclic amines) is 1. The molecular weight excluding hydrogens is 406 g/mol. The number of aromatic nitrogens is 2. The molecule has 30 heavy (non-hydrogen) atoms. The number of fused-ring (bicyclic) bond motifs is 1. The molecule has 0 saturated carbocycles. The van der Waals surface area contributed by atoms with Crippen LogP contribution in [-0.4, -0.2) is 44.3 Å². The van der Waals surface area contributed by atoms with E-state index in [0.29, 0.717) is 30.3 Å². The summed E-state index contributed by atoms with van der Waals surface area (Å²) >= 11 is 6.42. The van der Waals surface area contributed by atoms with Crippen molar-refractivity contribution in [3.63, 3.8) is 0 Å². The molecule has 3 heterocycles. The fraction of sp³-hybridized carbons (Fsp3) is 0.476. The summed E-state index contributed by atoms with van der Waals surface area (Å²) in [6, 6.07) is 3.51. The molecule has 8 nitrogen and oxygen atoms in total. The summed E-state index contributed by atoms with van der Waals surface area (Å²) in [5.41, 5.74) is 3.13. The molecule has 9 heteroatoms. The summed E-state index contributed by atoms with van der Waals surface area (Å²) < 4.78 is 5.61. The Morgan fingerprint density at radius 1 is 1.30 bits per heavy atom. The summed E-state index contributed by atoms with van der Waals surface area (Å²) in [6.07, 6.45) is 4.61. The van der Waals surface area contributed by atoms with Gasteiger partial charge in [-0.3, -0.25) is 5.10 Å².